The average Bonchev–Trinajstić information content (AvgIpc) is 3.76. The summed E-state index contributed by atoms with van der Waals surface area (Å²) in [5.41, 5.74) is 10.3. The minimum absolute atomic E-state index is 0.429. The van der Waals surface area contributed by atoms with E-state index >= 15 is 0 Å². The second-order valence-corrected chi connectivity index (χ2v) is 10.2. The van der Waals surface area contributed by atoms with E-state index in [9.17, 15) is 0 Å². The lowest BCUT2D eigenvalue weighted by Crippen LogP contribution is -2.08. The molecule has 6 aromatic rings. The summed E-state index contributed by atoms with van der Waals surface area (Å²) in [6, 6.07) is 17.3. The van der Waals surface area contributed by atoms with Crippen molar-refractivity contribution in [3.05, 3.63) is 83.1 Å². The van der Waals surface area contributed by atoms with Crippen LogP contribution in [-0.2, 0) is 13.0 Å². The summed E-state index contributed by atoms with van der Waals surface area (Å²) in [4.78, 5) is 15.2. The number of nitrogen functional groups attached to an aromatic ring is 1. The van der Waals surface area contributed by atoms with Gasteiger partial charge in [-0.1, -0.05) is 18.2 Å². The fraction of sp³-hybridized carbons (Fsp3) is 0.172. The molecule has 41 heavy (non-hydrogen) atoms. The van der Waals surface area contributed by atoms with E-state index in [1.807, 2.05) is 48.5 Å². The van der Waals surface area contributed by atoms with Crippen LogP contribution in [0.2, 0.25) is 0 Å². The normalized spacial score (nSPS) is 11.1. The van der Waals surface area contributed by atoms with Crippen molar-refractivity contribution in [1.29, 1.82) is 0 Å². The standard InChI is InChI=1S/C29H27N7O4S/c1-37-19-9-6-17(7-10-19)14-24-25(33-28(30)41-24)20-16-32-29(31-15-18-8-11-21(38-2)23(13-18)39-3)36-27(20)34-26(35-36)22-5-4-12-40-22/h4-13,16H,14-15H2,1-3H3,(H2,30,33)(H,31,32). The van der Waals surface area contributed by atoms with Crippen molar-refractivity contribution >= 4 is 28.1 Å². The summed E-state index contributed by atoms with van der Waals surface area (Å²) in [5, 5.41) is 8.56. The van der Waals surface area contributed by atoms with Gasteiger partial charge in [-0.05, 0) is 47.5 Å². The third kappa shape index (κ3) is 5.24. The van der Waals surface area contributed by atoms with Gasteiger partial charge in [0.1, 0.15) is 5.75 Å². The van der Waals surface area contributed by atoms with Crippen molar-refractivity contribution < 1.29 is 18.6 Å². The van der Waals surface area contributed by atoms with Crippen LogP contribution in [0.4, 0.5) is 11.1 Å². The summed E-state index contributed by atoms with van der Waals surface area (Å²) in [6.07, 6.45) is 3.97. The Bertz CT molecular complexity index is 1800. The average molecular weight is 570 g/mol. The van der Waals surface area contributed by atoms with E-state index in [1.165, 1.54) is 11.3 Å². The van der Waals surface area contributed by atoms with Gasteiger partial charge in [0.25, 0.3) is 0 Å². The van der Waals surface area contributed by atoms with Crippen LogP contribution in [0.5, 0.6) is 17.2 Å². The first kappa shape index (κ1) is 26.1. The molecule has 6 rings (SSSR count). The number of thiazole rings is 1. The van der Waals surface area contributed by atoms with Crippen molar-refractivity contribution in [2.45, 2.75) is 13.0 Å². The monoisotopic (exact) mass is 569 g/mol. The minimum Gasteiger partial charge on any atom is -0.497 e. The number of nitrogens with zero attached hydrogens (tertiary/aromatic N) is 5. The Morgan fingerprint density at radius 2 is 1.76 bits per heavy atom. The van der Waals surface area contributed by atoms with Crippen LogP contribution >= 0.6 is 11.3 Å². The van der Waals surface area contributed by atoms with Gasteiger partial charge in [-0.2, -0.15) is 4.52 Å². The quantitative estimate of drug-likeness (QED) is 0.223. The van der Waals surface area contributed by atoms with E-state index in [2.05, 4.69) is 10.3 Å². The molecule has 0 atom stereocenters. The van der Waals surface area contributed by atoms with E-state index in [-0.39, 0.29) is 0 Å². The Balaban J connectivity index is 1.38. The zero-order valence-corrected chi connectivity index (χ0v) is 23.4. The van der Waals surface area contributed by atoms with Crippen molar-refractivity contribution in [2.75, 3.05) is 32.4 Å². The predicted molar refractivity (Wildman–Crippen MR) is 157 cm³/mol. The van der Waals surface area contributed by atoms with Crippen molar-refractivity contribution in [3.63, 3.8) is 0 Å². The molecule has 0 aliphatic heterocycles. The number of methoxy groups -OCH3 is 3. The molecule has 0 amide bonds. The molecule has 0 saturated carbocycles. The Morgan fingerprint density at radius 3 is 2.49 bits per heavy atom. The highest BCUT2D eigenvalue weighted by molar-refractivity contribution is 7.15. The number of rotatable bonds is 10. The molecule has 0 saturated heterocycles. The second-order valence-electron chi connectivity index (χ2n) is 9.04. The lowest BCUT2D eigenvalue weighted by Gasteiger charge is -2.12. The van der Waals surface area contributed by atoms with Gasteiger partial charge in [0.05, 0.1) is 38.8 Å². The topological polar surface area (TPSA) is 135 Å². The van der Waals surface area contributed by atoms with Crippen LogP contribution in [-0.4, -0.2) is 45.9 Å². The van der Waals surface area contributed by atoms with Gasteiger partial charge >= 0.3 is 0 Å². The number of nitrogens with one attached hydrogen (secondary N) is 1. The van der Waals surface area contributed by atoms with Gasteiger partial charge in [0.2, 0.25) is 11.8 Å². The van der Waals surface area contributed by atoms with Gasteiger partial charge in [0.15, 0.2) is 28.0 Å². The van der Waals surface area contributed by atoms with Crippen molar-refractivity contribution in [1.82, 2.24) is 24.6 Å². The first-order valence-corrected chi connectivity index (χ1v) is 13.5. The molecule has 3 N–H and O–H groups in total. The molecule has 0 fully saturated rings. The molecule has 0 spiro atoms. The van der Waals surface area contributed by atoms with E-state index < -0.39 is 0 Å². The Hall–Kier alpha value is -5.10. The summed E-state index contributed by atoms with van der Waals surface area (Å²) in [5.74, 6) is 3.58. The van der Waals surface area contributed by atoms with Gasteiger partial charge < -0.3 is 29.7 Å². The molecule has 0 aliphatic rings. The van der Waals surface area contributed by atoms with Crippen LogP contribution in [0, 0.1) is 0 Å². The fourth-order valence-electron chi connectivity index (χ4n) is 4.47. The Labute approximate surface area is 239 Å². The SMILES string of the molecule is COc1ccc(Cc2sc(N)nc2-c2cnc(NCc3ccc(OC)c(OC)c3)n3nc(-c4ccco4)nc23)cc1. The fourth-order valence-corrected chi connectivity index (χ4v) is 5.35. The summed E-state index contributed by atoms with van der Waals surface area (Å²) < 4.78 is 23.4. The van der Waals surface area contributed by atoms with Crippen LogP contribution in [0.3, 0.4) is 0 Å². The van der Waals surface area contributed by atoms with E-state index in [0.717, 1.165) is 21.8 Å². The Kier molecular flexibility index (Phi) is 7.13. The molecular formula is C29H27N7O4S. The van der Waals surface area contributed by atoms with Crippen LogP contribution < -0.4 is 25.3 Å². The molecule has 11 nitrogen and oxygen atoms in total. The van der Waals surface area contributed by atoms with Gasteiger partial charge in [-0.3, -0.25) is 0 Å². The highest BCUT2D eigenvalue weighted by atomic mass is 32.1. The Morgan fingerprint density at radius 1 is 0.951 bits per heavy atom. The summed E-state index contributed by atoms with van der Waals surface area (Å²) >= 11 is 1.44. The minimum atomic E-state index is 0.429. The molecule has 0 aliphatic carbocycles. The van der Waals surface area contributed by atoms with Crippen LogP contribution in [0.15, 0.2) is 71.5 Å². The van der Waals surface area contributed by atoms with Gasteiger partial charge in [-0.25, -0.2) is 15.0 Å². The largest absolute Gasteiger partial charge is 0.497 e. The number of fused-ring (bicyclic) bond motifs is 1. The molecule has 4 heterocycles. The molecule has 4 aromatic heterocycles. The number of furan rings is 1. The number of ether oxygens (including phenoxy) is 3. The third-order valence-electron chi connectivity index (χ3n) is 6.50. The number of nitrogens with two attached hydrogens (primary N) is 1. The van der Waals surface area contributed by atoms with E-state index in [0.29, 0.717) is 64.0 Å². The molecule has 0 radical (unpaired) electrons. The molecule has 12 heteroatoms. The third-order valence-corrected chi connectivity index (χ3v) is 7.38. The smallest absolute Gasteiger partial charge is 0.226 e. The number of hydrogen-bond acceptors (Lipinski definition) is 11. The second kappa shape index (κ2) is 11.2. The highest BCUT2D eigenvalue weighted by Gasteiger charge is 2.21. The van der Waals surface area contributed by atoms with Crippen molar-refractivity contribution in [3.8, 4) is 40.1 Å². The van der Waals surface area contributed by atoms with Crippen molar-refractivity contribution in [2.24, 2.45) is 0 Å². The molecular weight excluding hydrogens is 542 g/mol. The molecule has 2 aromatic carbocycles. The zero-order chi connectivity index (χ0) is 28.3. The van der Waals surface area contributed by atoms with Crippen LogP contribution in [0.1, 0.15) is 16.0 Å². The van der Waals surface area contributed by atoms with Gasteiger partial charge in [0, 0.05) is 24.0 Å². The lowest BCUT2D eigenvalue weighted by molar-refractivity contribution is 0.354. The maximum absolute atomic E-state index is 6.21. The lowest BCUT2D eigenvalue weighted by atomic mass is 10.1. The maximum atomic E-state index is 6.21. The molecule has 208 valence electrons. The van der Waals surface area contributed by atoms with Crippen LogP contribution in [0.25, 0.3) is 28.5 Å². The number of anilines is 2. The summed E-state index contributed by atoms with van der Waals surface area (Å²) in [6.45, 7) is 0.462. The highest BCUT2D eigenvalue weighted by Crippen LogP contribution is 2.35. The predicted octanol–water partition coefficient (Wildman–Crippen LogP) is 5.32. The molecule has 0 bridgehead atoms. The van der Waals surface area contributed by atoms with Gasteiger partial charge in [-0.15, -0.1) is 16.4 Å². The zero-order valence-electron chi connectivity index (χ0n) is 22.6. The maximum Gasteiger partial charge on any atom is 0.226 e. The molecule has 0 unspecified atom stereocenters. The number of aromatic nitrogens is 5. The first-order valence-electron chi connectivity index (χ1n) is 12.7. The number of hydrogen-bond donors (Lipinski definition) is 2. The summed E-state index contributed by atoms with van der Waals surface area (Å²) in [7, 11) is 4.87. The van der Waals surface area contributed by atoms with E-state index in [1.54, 1.807) is 44.4 Å². The number of benzene rings is 2. The van der Waals surface area contributed by atoms with E-state index in [4.69, 9.17) is 39.4 Å². The first-order chi connectivity index (χ1) is 20.1.